The largest absolute Gasteiger partial charge is 0.332 e. The summed E-state index contributed by atoms with van der Waals surface area (Å²) in [4.78, 5) is 43.7. The summed E-state index contributed by atoms with van der Waals surface area (Å²) in [6.07, 6.45) is 0. The molecule has 6 nitrogen and oxygen atoms in total. The number of fused-ring (bicyclic) bond motifs is 4. The number of hydrogen-bond donors (Lipinski definition) is 0. The average molecular weight is 381 g/mol. The van der Waals surface area contributed by atoms with Crippen molar-refractivity contribution in [2.75, 3.05) is 0 Å². The van der Waals surface area contributed by atoms with E-state index in [0.717, 1.165) is 15.7 Å². The lowest BCUT2D eigenvalue weighted by atomic mass is 9.75. The molecule has 1 aliphatic carbocycles. The molecule has 7 heteroatoms. The molecule has 1 aromatic heterocycles. The lowest BCUT2D eigenvalue weighted by Crippen LogP contribution is -2.43. The molecule has 0 fully saturated rings. The number of aliphatic imine (C=N–C) groups is 1. The van der Waals surface area contributed by atoms with Crippen LogP contribution in [-0.2, 0) is 14.1 Å². The van der Waals surface area contributed by atoms with E-state index < -0.39 is 23.1 Å². The number of carbonyl (C=O) groups is 1. The van der Waals surface area contributed by atoms with Crippen LogP contribution in [0.2, 0.25) is 0 Å². The molecule has 0 N–H and O–H groups in total. The molecule has 0 amide bonds. The van der Waals surface area contributed by atoms with Gasteiger partial charge in [-0.15, -0.1) is 0 Å². The first-order valence-electron chi connectivity index (χ1n) is 9.27. The van der Waals surface area contributed by atoms with Gasteiger partial charge in [-0.3, -0.25) is 18.7 Å². The summed E-state index contributed by atoms with van der Waals surface area (Å²) in [6.45, 7) is 0. The molecule has 29 heavy (non-hydrogen) atoms. The van der Waals surface area contributed by atoms with Gasteiger partial charge in [0.15, 0.2) is 5.78 Å². The van der Waals surface area contributed by atoms with E-state index in [2.05, 4.69) is 4.99 Å². The maximum absolute atomic E-state index is 13.4. The number of aromatic nitrogens is 2. The molecular weight excluding hydrogens is 365 g/mol. The summed E-state index contributed by atoms with van der Waals surface area (Å²) in [6, 6.07) is 14.5. The highest BCUT2D eigenvalue weighted by Gasteiger charge is 2.47. The molecule has 0 saturated heterocycles. The molecule has 2 heterocycles. The van der Waals surface area contributed by atoms with Gasteiger partial charge in [-0.25, -0.2) is 9.79 Å². The fraction of sp³-hybridized carbons (Fsp3) is 0.182. The quantitative estimate of drug-likeness (QED) is 0.590. The zero-order valence-electron chi connectivity index (χ0n) is 15.9. The topological polar surface area (TPSA) is 73.4 Å². The molecule has 2 aliphatic rings. The Labute approximate surface area is 167 Å². The van der Waals surface area contributed by atoms with Crippen molar-refractivity contribution in [2.45, 2.75) is 5.92 Å². The standard InChI is InChI=1S/C22H16BN3O3/c1-25-20-17(21(28)26(2)22(25)29)15(11-6-5-7-12(23)10-11)16-18(24-20)13-8-3-4-9-14(13)19(16)27/h3-10,15-16H,1-2H3. The van der Waals surface area contributed by atoms with E-state index in [0.29, 0.717) is 28.1 Å². The van der Waals surface area contributed by atoms with Gasteiger partial charge < -0.3 is 0 Å². The Balaban J connectivity index is 1.92. The Kier molecular flexibility index (Phi) is 3.65. The number of Topliss-reactive ketones (excluding diaryl/α,β-unsaturated/α-hetero) is 1. The van der Waals surface area contributed by atoms with Crippen molar-refractivity contribution in [1.29, 1.82) is 0 Å². The maximum Gasteiger partial charge on any atom is 0.332 e. The smallest absolute Gasteiger partial charge is 0.293 e. The number of rotatable bonds is 1. The first-order chi connectivity index (χ1) is 13.9. The summed E-state index contributed by atoms with van der Waals surface area (Å²) in [5.41, 5.74) is 2.65. The Bertz CT molecular complexity index is 1370. The summed E-state index contributed by atoms with van der Waals surface area (Å²) in [7, 11) is 9.03. The van der Waals surface area contributed by atoms with Gasteiger partial charge in [0, 0.05) is 31.1 Å². The zero-order valence-corrected chi connectivity index (χ0v) is 15.9. The second-order valence-corrected chi connectivity index (χ2v) is 7.48. The predicted octanol–water partition coefficient (Wildman–Crippen LogP) is 0.957. The van der Waals surface area contributed by atoms with Crippen molar-refractivity contribution in [3.8, 4) is 0 Å². The second-order valence-electron chi connectivity index (χ2n) is 7.48. The SMILES string of the molecule is [B]c1cccc(C2c3c(n(C)c(=O)n(C)c3=O)N=C3c4ccccc4C(=O)C32)c1. The third-order valence-electron chi connectivity index (χ3n) is 5.85. The van der Waals surface area contributed by atoms with Gasteiger partial charge in [-0.1, -0.05) is 54.0 Å². The predicted molar refractivity (Wildman–Crippen MR) is 111 cm³/mol. The molecular formula is C22H16BN3O3. The molecule has 1 aliphatic heterocycles. The van der Waals surface area contributed by atoms with Crippen LogP contribution in [0, 0.1) is 5.92 Å². The van der Waals surface area contributed by atoms with E-state index in [9.17, 15) is 14.4 Å². The minimum Gasteiger partial charge on any atom is -0.293 e. The molecule has 140 valence electrons. The van der Waals surface area contributed by atoms with Crippen LogP contribution in [0.1, 0.15) is 33.0 Å². The molecule has 0 spiro atoms. The van der Waals surface area contributed by atoms with Crippen LogP contribution in [0.5, 0.6) is 0 Å². The minimum absolute atomic E-state index is 0.0756. The molecule has 5 rings (SSSR count). The van der Waals surface area contributed by atoms with Crippen LogP contribution in [0.4, 0.5) is 5.82 Å². The molecule has 2 unspecified atom stereocenters. The summed E-state index contributed by atoms with van der Waals surface area (Å²) >= 11 is 0. The van der Waals surface area contributed by atoms with E-state index >= 15 is 0 Å². The van der Waals surface area contributed by atoms with Gasteiger partial charge in [0.05, 0.1) is 17.2 Å². The maximum atomic E-state index is 13.4. The normalized spacial score (nSPS) is 19.4. The van der Waals surface area contributed by atoms with Crippen LogP contribution >= 0.6 is 0 Å². The van der Waals surface area contributed by atoms with Gasteiger partial charge in [-0.05, 0) is 5.56 Å². The van der Waals surface area contributed by atoms with Crippen molar-refractivity contribution in [3.05, 3.63) is 91.6 Å². The number of carbonyl (C=O) groups excluding carboxylic acids is 1. The first kappa shape index (κ1) is 17.6. The lowest BCUT2D eigenvalue weighted by molar-refractivity contribution is 0.0953. The molecule has 3 aromatic rings. The molecule has 0 bridgehead atoms. The number of nitrogens with zero attached hydrogens (tertiary/aromatic N) is 3. The van der Waals surface area contributed by atoms with E-state index in [1.165, 1.54) is 11.6 Å². The van der Waals surface area contributed by atoms with Gasteiger partial charge in [0.1, 0.15) is 13.7 Å². The van der Waals surface area contributed by atoms with Crippen LogP contribution < -0.4 is 16.7 Å². The third kappa shape index (κ3) is 2.30. The van der Waals surface area contributed by atoms with Crippen molar-refractivity contribution in [3.63, 3.8) is 0 Å². The fourth-order valence-corrected chi connectivity index (χ4v) is 4.48. The molecule has 2 atom stereocenters. The third-order valence-corrected chi connectivity index (χ3v) is 5.85. The van der Waals surface area contributed by atoms with Crippen LogP contribution in [0.15, 0.2) is 63.1 Å². The average Bonchev–Trinajstić information content (AvgIpc) is 3.01. The van der Waals surface area contributed by atoms with Crippen molar-refractivity contribution in [1.82, 2.24) is 9.13 Å². The lowest BCUT2D eigenvalue weighted by Gasteiger charge is -2.30. The van der Waals surface area contributed by atoms with Crippen LogP contribution in [0.3, 0.4) is 0 Å². The van der Waals surface area contributed by atoms with Gasteiger partial charge in [-0.2, -0.15) is 0 Å². The number of ketones is 1. The number of benzene rings is 2. The summed E-state index contributed by atoms with van der Waals surface area (Å²) in [5, 5.41) is 0. The fourth-order valence-electron chi connectivity index (χ4n) is 4.48. The van der Waals surface area contributed by atoms with E-state index in [1.807, 2.05) is 24.3 Å². The Hall–Kier alpha value is -3.48. The summed E-state index contributed by atoms with van der Waals surface area (Å²) in [5.74, 6) is -0.993. The highest BCUT2D eigenvalue weighted by atomic mass is 16.2. The van der Waals surface area contributed by atoms with Gasteiger partial charge >= 0.3 is 5.69 Å². The van der Waals surface area contributed by atoms with Gasteiger partial charge in [0.25, 0.3) is 5.56 Å². The number of hydrogen-bond acceptors (Lipinski definition) is 4. The minimum atomic E-state index is -0.632. The van der Waals surface area contributed by atoms with Crippen molar-refractivity contribution < 1.29 is 4.79 Å². The molecule has 0 saturated carbocycles. The molecule has 2 aromatic carbocycles. The van der Waals surface area contributed by atoms with Crippen LogP contribution in [-0.4, -0.2) is 28.5 Å². The monoisotopic (exact) mass is 381 g/mol. The van der Waals surface area contributed by atoms with E-state index in [1.54, 1.807) is 31.3 Å². The Morgan fingerprint density at radius 3 is 2.34 bits per heavy atom. The molecule has 2 radical (unpaired) electrons. The van der Waals surface area contributed by atoms with Crippen molar-refractivity contribution in [2.24, 2.45) is 25.0 Å². The Morgan fingerprint density at radius 2 is 1.62 bits per heavy atom. The first-order valence-corrected chi connectivity index (χ1v) is 9.27. The van der Waals surface area contributed by atoms with Crippen molar-refractivity contribution >= 4 is 30.6 Å². The highest BCUT2D eigenvalue weighted by molar-refractivity contribution is 6.32. The Morgan fingerprint density at radius 1 is 0.897 bits per heavy atom. The van der Waals surface area contributed by atoms with E-state index in [-0.39, 0.29) is 5.78 Å². The van der Waals surface area contributed by atoms with E-state index in [4.69, 9.17) is 7.85 Å². The van der Waals surface area contributed by atoms with Crippen LogP contribution in [0.25, 0.3) is 0 Å². The second kappa shape index (κ2) is 6.01. The highest BCUT2D eigenvalue weighted by Crippen LogP contribution is 2.46. The van der Waals surface area contributed by atoms with Gasteiger partial charge in [0.2, 0.25) is 0 Å². The zero-order chi connectivity index (χ0) is 20.4. The summed E-state index contributed by atoms with van der Waals surface area (Å²) < 4.78 is 2.43.